The first-order chi connectivity index (χ1) is 15.3. The molecule has 8 heteroatoms. The third-order valence-corrected chi connectivity index (χ3v) is 7.15. The zero-order chi connectivity index (χ0) is 23.3. The Balaban J connectivity index is 2.06. The molecule has 0 saturated heterocycles. The van der Waals surface area contributed by atoms with Crippen LogP contribution in [0.5, 0.6) is 17.2 Å². The summed E-state index contributed by atoms with van der Waals surface area (Å²) < 4.78 is 46.3. The van der Waals surface area contributed by atoms with E-state index in [1.54, 1.807) is 57.7 Å². The molecule has 0 fully saturated rings. The first-order valence-electron chi connectivity index (χ1n) is 9.90. The van der Waals surface area contributed by atoms with Gasteiger partial charge in [0.25, 0.3) is 0 Å². The molecule has 0 radical (unpaired) electrons. The maximum absolute atomic E-state index is 13.0. The van der Waals surface area contributed by atoms with Crippen LogP contribution in [0.3, 0.4) is 0 Å². The molecule has 1 N–H and O–H groups in total. The van der Waals surface area contributed by atoms with E-state index in [0.717, 1.165) is 21.2 Å². The highest BCUT2D eigenvalue weighted by Crippen LogP contribution is 2.42. The number of benzene rings is 3. The van der Waals surface area contributed by atoms with E-state index in [-0.39, 0.29) is 17.4 Å². The van der Waals surface area contributed by atoms with Crippen molar-refractivity contribution >= 4 is 26.0 Å². The SMILES string of the molecule is COc1cc(OC)c(C(CNS(=O)(=O)c2ccc(C)cc2)c2ccc(Br)cc2)c(OC)c1. The maximum atomic E-state index is 13.0. The van der Waals surface area contributed by atoms with E-state index < -0.39 is 10.0 Å². The molecule has 170 valence electrons. The van der Waals surface area contributed by atoms with Gasteiger partial charge in [0.1, 0.15) is 17.2 Å². The molecule has 0 aliphatic heterocycles. The van der Waals surface area contributed by atoms with Crippen molar-refractivity contribution in [1.82, 2.24) is 4.72 Å². The van der Waals surface area contributed by atoms with E-state index in [1.165, 1.54) is 0 Å². The Morgan fingerprint density at radius 1 is 0.875 bits per heavy atom. The van der Waals surface area contributed by atoms with Crippen molar-refractivity contribution in [1.29, 1.82) is 0 Å². The first-order valence-corrected chi connectivity index (χ1v) is 12.2. The predicted molar refractivity (Wildman–Crippen MR) is 128 cm³/mol. The van der Waals surface area contributed by atoms with Crippen LogP contribution >= 0.6 is 15.9 Å². The highest BCUT2D eigenvalue weighted by atomic mass is 79.9. The standard InChI is InChI=1S/C24H26BrNO5S/c1-16-5-11-20(12-6-16)32(27,28)26-15-21(17-7-9-18(25)10-8-17)24-22(30-3)13-19(29-2)14-23(24)31-4/h5-14,21,26H,15H2,1-4H3. The fourth-order valence-corrected chi connectivity index (χ4v) is 4.76. The van der Waals surface area contributed by atoms with Crippen LogP contribution in [0, 0.1) is 6.92 Å². The molecule has 3 rings (SSSR count). The summed E-state index contributed by atoms with van der Waals surface area (Å²) in [5.74, 6) is 1.30. The quantitative estimate of drug-likeness (QED) is 0.435. The summed E-state index contributed by atoms with van der Waals surface area (Å²) in [4.78, 5) is 0.214. The number of nitrogens with one attached hydrogen (secondary N) is 1. The van der Waals surface area contributed by atoms with Crippen molar-refractivity contribution in [2.24, 2.45) is 0 Å². The average Bonchev–Trinajstić information content (AvgIpc) is 2.80. The third kappa shape index (κ3) is 5.43. The molecule has 0 spiro atoms. The fourth-order valence-electron chi connectivity index (χ4n) is 3.45. The van der Waals surface area contributed by atoms with E-state index in [1.807, 2.05) is 31.2 Å². The number of methoxy groups -OCH3 is 3. The van der Waals surface area contributed by atoms with E-state index in [0.29, 0.717) is 17.2 Å². The van der Waals surface area contributed by atoms with Crippen molar-refractivity contribution in [3.05, 3.63) is 81.8 Å². The number of hydrogen-bond acceptors (Lipinski definition) is 5. The minimum Gasteiger partial charge on any atom is -0.496 e. The lowest BCUT2D eigenvalue weighted by Crippen LogP contribution is -2.29. The molecule has 3 aromatic carbocycles. The normalized spacial score (nSPS) is 12.3. The number of sulfonamides is 1. The predicted octanol–water partition coefficient (Wildman–Crippen LogP) is 4.89. The van der Waals surface area contributed by atoms with Gasteiger partial charge in [0.2, 0.25) is 10.0 Å². The minimum atomic E-state index is -3.71. The van der Waals surface area contributed by atoms with Crippen molar-refractivity contribution in [3.63, 3.8) is 0 Å². The summed E-state index contributed by atoms with van der Waals surface area (Å²) >= 11 is 3.46. The van der Waals surface area contributed by atoms with Gasteiger partial charge in [-0.2, -0.15) is 0 Å². The summed E-state index contributed by atoms with van der Waals surface area (Å²) in [6.45, 7) is 2.02. The molecule has 3 aromatic rings. The summed E-state index contributed by atoms with van der Waals surface area (Å²) in [6.07, 6.45) is 0. The maximum Gasteiger partial charge on any atom is 0.240 e. The van der Waals surface area contributed by atoms with Crippen LogP contribution in [-0.2, 0) is 10.0 Å². The molecule has 0 amide bonds. The largest absolute Gasteiger partial charge is 0.496 e. The van der Waals surface area contributed by atoms with Gasteiger partial charge in [0.05, 0.1) is 26.2 Å². The molecule has 0 aliphatic carbocycles. The lowest BCUT2D eigenvalue weighted by atomic mass is 9.89. The van der Waals surface area contributed by atoms with Crippen molar-refractivity contribution in [3.8, 4) is 17.2 Å². The van der Waals surface area contributed by atoms with Crippen molar-refractivity contribution in [2.75, 3.05) is 27.9 Å². The number of aryl methyl sites for hydroxylation is 1. The van der Waals surface area contributed by atoms with Crippen LogP contribution in [0.2, 0.25) is 0 Å². The van der Waals surface area contributed by atoms with Crippen LogP contribution in [0.15, 0.2) is 70.0 Å². The zero-order valence-corrected chi connectivity index (χ0v) is 20.8. The molecule has 0 aliphatic rings. The topological polar surface area (TPSA) is 73.9 Å². The molecule has 32 heavy (non-hydrogen) atoms. The Hall–Kier alpha value is -2.55. The second-order valence-corrected chi connectivity index (χ2v) is 9.90. The van der Waals surface area contributed by atoms with Gasteiger partial charge in [0.15, 0.2) is 0 Å². The molecule has 0 heterocycles. The summed E-state index contributed by atoms with van der Waals surface area (Å²) in [5, 5.41) is 0. The van der Waals surface area contributed by atoms with Crippen LogP contribution in [0.25, 0.3) is 0 Å². The van der Waals surface area contributed by atoms with Gasteiger partial charge >= 0.3 is 0 Å². The summed E-state index contributed by atoms with van der Waals surface area (Å²) in [7, 11) is 0.976. The molecule has 0 saturated carbocycles. The number of rotatable bonds is 9. The van der Waals surface area contributed by atoms with Gasteiger partial charge in [0, 0.05) is 34.6 Å². The highest BCUT2D eigenvalue weighted by Gasteiger charge is 2.26. The Kier molecular flexibility index (Phi) is 7.82. The average molecular weight is 520 g/mol. The molecule has 0 aromatic heterocycles. The lowest BCUT2D eigenvalue weighted by Gasteiger charge is -2.24. The summed E-state index contributed by atoms with van der Waals surface area (Å²) in [6, 6.07) is 18.0. The first kappa shape index (κ1) is 24.1. The van der Waals surface area contributed by atoms with E-state index in [9.17, 15) is 8.42 Å². The van der Waals surface area contributed by atoms with Crippen LogP contribution in [-0.4, -0.2) is 36.3 Å². The molecular formula is C24H26BrNO5S. The number of hydrogen-bond donors (Lipinski definition) is 1. The third-order valence-electron chi connectivity index (χ3n) is 5.18. The minimum absolute atomic E-state index is 0.108. The van der Waals surface area contributed by atoms with Gasteiger partial charge in [-0.15, -0.1) is 0 Å². The smallest absolute Gasteiger partial charge is 0.240 e. The summed E-state index contributed by atoms with van der Waals surface area (Å²) in [5.41, 5.74) is 2.62. The second-order valence-electron chi connectivity index (χ2n) is 7.21. The Labute approximate surface area is 197 Å². The van der Waals surface area contributed by atoms with Gasteiger partial charge in [-0.25, -0.2) is 13.1 Å². The lowest BCUT2D eigenvalue weighted by molar-refractivity contribution is 0.366. The Morgan fingerprint density at radius 2 is 1.44 bits per heavy atom. The number of halogens is 1. The van der Waals surface area contributed by atoms with Crippen molar-refractivity contribution < 1.29 is 22.6 Å². The molecule has 6 nitrogen and oxygen atoms in total. The molecular weight excluding hydrogens is 494 g/mol. The zero-order valence-electron chi connectivity index (χ0n) is 18.4. The molecule has 1 atom stereocenters. The van der Waals surface area contributed by atoms with Crippen LogP contribution < -0.4 is 18.9 Å². The number of ether oxygens (including phenoxy) is 3. The Bertz CT molecular complexity index is 1140. The molecule has 1 unspecified atom stereocenters. The van der Waals surface area contributed by atoms with Crippen LogP contribution in [0.4, 0.5) is 0 Å². The fraction of sp³-hybridized carbons (Fsp3) is 0.250. The monoisotopic (exact) mass is 519 g/mol. The van der Waals surface area contributed by atoms with E-state index in [2.05, 4.69) is 20.7 Å². The van der Waals surface area contributed by atoms with Crippen LogP contribution in [0.1, 0.15) is 22.6 Å². The highest BCUT2D eigenvalue weighted by molar-refractivity contribution is 9.10. The second kappa shape index (κ2) is 10.4. The van der Waals surface area contributed by atoms with Gasteiger partial charge in [-0.3, -0.25) is 0 Å². The molecule has 0 bridgehead atoms. The van der Waals surface area contributed by atoms with Crippen molar-refractivity contribution in [2.45, 2.75) is 17.7 Å². The van der Waals surface area contributed by atoms with Gasteiger partial charge in [-0.1, -0.05) is 45.8 Å². The van der Waals surface area contributed by atoms with E-state index in [4.69, 9.17) is 14.2 Å². The van der Waals surface area contributed by atoms with Gasteiger partial charge in [-0.05, 0) is 36.8 Å². The Morgan fingerprint density at radius 3 is 1.94 bits per heavy atom. The van der Waals surface area contributed by atoms with E-state index >= 15 is 0 Å². The van der Waals surface area contributed by atoms with Gasteiger partial charge < -0.3 is 14.2 Å².